The SMILES string of the molecule is CNC1COc2c(S(N)(=O)=NC(=O)Nc3c4c(cc5c3CCC5)CCC4)cnn2C1. The van der Waals surface area contributed by atoms with Gasteiger partial charge < -0.3 is 15.4 Å². The topological polar surface area (TPSA) is 124 Å². The van der Waals surface area contributed by atoms with E-state index in [1.807, 2.05) is 7.05 Å². The Bertz CT molecular complexity index is 1120. The number of aryl methyl sites for hydroxylation is 2. The van der Waals surface area contributed by atoms with Crippen LogP contribution in [0.15, 0.2) is 21.5 Å². The number of ether oxygens (including phenoxy) is 1. The molecule has 2 amide bonds. The van der Waals surface area contributed by atoms with E-state index in [0.29, 0.717) is 19.0 Å². The maximum atomic E-state index is 13.1. The molecule has 0 spiro atoms. The monoisotopic (exact) mass is 430 g/mol. The lowest BCUT2D eigenvalue weighted by atomic mass is 9.99. The minimum atomic E-state index is -3.50. The van der Waals surface area contributed by atoms with Gasteiger partial charge in [-0.15, -0.1) is 4.36 Å². The molecule has 4 N–H and O–H groups in total. The first-order valence-electron chi connectivity index (χ1n) is 10.3. The highest BCUT2D eigenvalue weighted by molar-refractivity contribution is 7.91. The molecule has 30 heavy (non-hydrogen) atoms. The number of carbonyl (C=O) groups is 1. The van der Waals surface area contributed by atoms with E-state index in [1.165, 1.54) is 28.5 Å². The maximum absolute atomic E-state index is 13.1. The van der Waals surface area contributed by atoms with Gasteiger partial charge >= 0.3 is 6.03 Å². The summed E-state index contributed by atoms with van der Waals surface area (Å²) in [7, 11) is -1.66. The number of rotatable bonds is 3. The smallest absolute Gasteiger partial charge is 0.354 e. The lowest BCUT2D eigenvalue weighted by Gasteiger charge is -2.24. The van der Waals surface area contributed by atoms with E-state index in [2.05, 4.69) is 26.2 Å². The number of fused-ring (bicyclic) bond motifs is 3. The van der Waals surface area contributed by atoms with Crippen molar-refractivity contribution in [2.45, 2.75) is 56.0 Å². The lowest BCUT2D eigenvalue weighted by Crippen LogP contribution is -2.40. The molecule has 10 heteroatoms. The van der Waals surface area contributed by atoms with Crippen molar-refractivity contribution in [2.75, 3.05) is 19.0 Å². The van der Waals surface area contributed by atoms with E-state index in [1.54, 1.807) is 4.68 Å². The average molecular weight is 431 g/mol. The van der Waals surface area contributed by atoms with E-state index in [0.717, 1.165) is 44.2 Å². The van der Waals surface area contributed by atoms with E-state index in [9.17, 15) is 9.00 Å². The minimum absolute atomic E-state index is 0.0987. The summed E-state index contributed by atoms with van der Waals surface area (Å²) < 4.78 is 24.3. The lowest BCUT2D eigenvalue weighted by molar-refractivity contribution is 0.184. The zero-order valence-electron chi connectivity index (χ0n) is 16.9. The highest BCUT2D eigenvalue weighted by atomic mass is 32.2. The molecule has 2 unspecified atom stereocenters. The largest absolute Gasteiger partial charge is 0.475 e. The number of nitrogens with zero attached hydrogens (tertiary/aromatic N) is 3. The Balaban J connectivity index is 1.45. The number of nitrogens with two attached hydrogens (primary N) is 1. The fourth-order valence-corrected chi connectivity index (χ4v) is 5.72. The number of likely N-dealkylation sites (N-methyl/N-ethyl adjacent to an activating group) is 1. The van der Waals surface area contributed by atoms with Crippen molar-refractivity contribution in [3.05, 3.63) is 34.5 Å². The summed E-state index contributed by atoms with van der Waals surface area (Å²) in [6.07, 6.45) is 7.48. The predicted octanol–water partition coefficient (Wildman–Crippen LogP) is 1.77. The average Bonchev–Trinajstić information content (AvgIpc) is 3.45. The Hall–Kier alpha value is -2.43. The number of anilines is 1. The summed E-state index contributed by atoms with van der Waals surface area (Å²) in [4.78, 5) is 12.9. The zero-order valence-corrected chi connectivity index (χ0v) is 17.8. The van der Waals surface area contributed by atoms with Crippen LogP contribution in [-0.4, -0.2) is 39.7 Å². The number of hydrogen-bond acceptors (Lipinski definition) is 5. The summed E-state index contributed by atoms with van der Waals surface area (Å²) in [5, 5.41) is 16.2. The quantitative estimate of drug-likeness (QED) is 0.685. The second-order valence-electron chi connectivity index (χ2n) is 8.12. The molecule has 1 aromatic carbocycles. The summed E-state index contributed by atoms with van der Waals surface area (Å²) in [5.74, 6) is 0.312. The van der Waals surface area contributed by atoms with Crippen LogP contribution in [0.3, 0.4) is 0 Å². The van der Waals surface area contributed by atoms with Gasteiger partial charge in [0.1, 0.15) is 11.5 Å². The molecule has 0 fully saturated rings. The van der Waals surface area contributed by atoms with Crippen LogP contribution >= 0.6 is 0 Å². The van der Waals surface area contributed by atoms with Gasteiger partial charge in [0.15, 0.2) is 9.92 Å². The molecule has 0 radical (unpaired) electrons. The maximum Gasteiger partial charge on any atom is 0.354 e. The molecule has 3 aliphatic rings. The summed E-state index contributed by atoms with van der Waals surface area (Å²) in [6, 6.07) is 1.70. The van der Waals surface area contributed by atoms with Gasteiger partial charge in [-0.1, -0.05) is 6.07 Å². The van der Waals surface area contributed by atoms with E-state index >= 15 is 0 Å². The van der Waals surface area contributed by atoms with Gasteiger partial charge in [0.25, 0.3) is 0 Å². The number of nitrogens with one attached hydrogen (secondary N) is 2. The summed E-state index contributed by atoms with van der Waals surface area (Å²) in [6.45, 7) is 0.967. The van der Waals surface area contributed by atoms with Crippen molar-refractivity contribution >= 4 is 21.6 Å². The Morgan fingerprint density at radius 1 is 1.27 bits per heavy atom. The third-order valence-electron chi connectivity index (χ3n) is 6.22. The van der Waals surface area contributed by atoms with Crippen LogP contribution in [0.4, 0.5) is 10.5 Å². The predicted molar refractivity (Wildman–Crippen MR) is 113 cm³/mol. The number of hydrogen-bond donors (Lipinski definition) is 3. The van der Waals surface area contributed by atoms with Gasteiger partial charge in [-0.2, -0.15) is 5.10 Å². The van der Waals surface area contributed by atoms with Crippen molar-refractivity contribution in [1.29, 1.82) is 0 Å². The highest BCUT2D eigenvalue weighted by Gasteiger charge is 2.28. The van der Waals surface area contributed by atoms with Crippen molar-refractivity contribution in [2.24, 2.45) is 9.50 Å². The van der Waals surface area contributed by atoms with Crippen LogP contribution in [-0.2, 0) is 42.1 Å². The van der Waals surface area contributed by atoms with Crippen LogP contribution in [0, 0.1) is 0 Å². The fourth-order valence-electron chi connectivity index (χ4n) is 4.72. The van der Waals surface area contributed by atoms with Gasteiger partial charge in [-0.05, 0) is 67.8 Å². The fraction of sp³-hybridized carbons (Fsp3) is 0.500. The first kappa shape index (κ1) is 19.5. The first-order valence-corrected chi connectivity index (χ1v) is 11.9. The third-order valence-corrected chi connectivity index (χ3v) is 7.57. The Morgan fingerprint density at radius 3 is 2.63 bits per heavy atom. The van der Waals surface area contributed by atoms with Crippen LogP contribution in [0.2, 0.25) is 0 Å². The van der Waals surface area contributed by atoms with Crippen molar-refractivity contribution < 1.29 is 13.7 Å². The van der Waals surface area contributed by atoms with Crippen LogP contribution < -0.4 is 20.5 Å². The number of aromatic nitrogens is 2. The van der Waals surface area contributed by atoms with Gasteiger partial charge in [-0.3, -0.25) is 0 Å². The van der Waals surface area contributed by atoms with Gasteiger partial charge in [0, 0.05) is 5.69 Å². The minimum Gasteiger partial charge on any atom is -0.475 e. The van der Waals surface area contributed by atoms with Gasteiger partial charge in [-0.25, -0.2) is 18.8 Å². The molecule has 9 nitrogen and oxygen atoms in total. The molecule has 2 heterocycles. The molecule has 160 valence electrons. The second kappa shape index (κ2) is 7.36. The van der Waals surface area contributed by atoms with E-state index in [4.69, 9.17) is 9.88 Å². The molecule has 1 aromatic heterocycles. The van der Waals surface area contributed by atoms with Crippen LogP contribution in [0.1, 0.15) is 35.1 Å². The molecule has 0 saturated carbocycles. The molecular formula is C20H26N6O3S. The van der Waals surface area contributed by atoms with Crippen LogP contribution in [0.25, 0.3) is 0 Å². The van der Waals surface area contributed by atoms with Crippen LogP contribution in [0.5, 0.6) is 5.88 Å². The van der Waals surface area contributed by atoms with Crippen molar-refractivity contribution in [3.63, 3.8) is 0 Å². The molecule has 0 saturated heterocycles. The number of urea groups is 1. The molecule has 1 aliphatic heterocycles. The van der Waals surface area contributed by atoms with E-state index in [-0.39, 0.29) is 10.9 Å². The first-order chi connectivity index (χ1) is 14.5. The Morgan fingerprint density at radius 2 is 1.97 bits per heavy atom. The second-order valence-corrected chi connectivity index (χ2v) is 9.88. The molecule has 2 aliphatic carbocycles. The molecule has 0 bridgehead atoms. The normalized spacial score (nSPS) is 21.2. The van der Waals surface area contributed by atoms with Crippen molar-refractivity contribution in [1.82, 2.24) is 15.1 Å². The Labute approximate surface area is 175 Å². The number of benzene rings is 1. The van der Waals surface area contributed by atoms with E-state index < -0.39 is 15.9 Å². The summed E-state index contributed by atoms with van der Waals surface area (Å²) in [5.41, 5.74) is 5.83. The molecule has 5 rings (SSSR count). The zero-order chi connectivity index (χ0) is 20.9. The summed E-state index contributed by atoms with van der Waals surface area (Å²) >= 11 is 0. The third kappa shape index (κ3) is 3.28. The molecule has 2 aromatic rings. The molecule has 2 atom stereocenters. The molecular weight excluding hydrogens is 404 g/mol. The standard InChI is InChI=1S/C20H26N6O3S/c1-22-14-10-26-19(29-11-14)17(9-23-26)30(21,28)25-20(27)24-18-15-6-2-4-12(15)8-13-5-3-7-16(13)18/h8-9,14,22H,2-7,10-11H2,1H3,(H3,21,24,25,27,28). The highest BCUT2D eigenvalue weighted by Crippen LogP contribution is 2.38. The van der Waals surface area contributed by atoms with Gasteiger partial charge in [0.05, 0.1) is 18.8 Å². The Kier molecular flexibility index (Phi) is 4.79. The number of carbonyl (C=O) groups excluding carboxylic acids is 1. The van der Waals surface area contributed by atoms with Gasteiger partial charge in [0.2, 0.25) is 5.88 Å². The number of amides is 2. The van der Waals surface area contributed by atoms with Crippen molar-refractivity contribution in [3.8, 4) is 5.88 Å².